The van der Waals surface area contributed by atoms with Gasteiger partial charge >= 0.3 is 0 Å². The molecule has 0 aliphatic heterocycles. The fourth-order valence-electron chi connectivity index (χ4n) is 3.17. The molecule has 0 aliphatic rings. The predicted molar refractivity (Wildman–Crippen MR) is 123 cm³/mol. The van der Waals surface area contributed by atoms with Crippen LogP contribution in [0.3, 0.4) is 0 Å². The molecule has 0 rings (SSSR count). The van der Waals surface area contributed by atoms with Gasteiger partial charge in [0.25, 0.3) is 10.1 Å². The Labute approximate surface area is 182 Å². The molecule has 0 amide bonds. The normalized spacial score (nSPS) is 16.6. The zero-order valence-electron chi connectivity index (χ0n) is 17.8. The molecular weight excluding hydrogens is 460 g/mol. The second-order valence-electron chi connectivity index (χ2n) is 9.09. The van der Waals surface area contributed by atoms with Crippen molar-refractivity contribution in [1.29, 1.82) is 0 Å². The summed E-state index contributed by atoms with van der Waals surface area (Å²) in [5.74, 6) is 1.40. The maximum atomic E-state index is 12.1. The Morgan fingerprint density at radius 1 is 0.655 bits per heavy atom. The van der Waals surface area contributed by atoms with Crippen LogP contribution in [0.5, 0.6) is 0 Å². The molecule has 12 heteroatoms. The first-order chi connectivity index (χ1) is 12.9. The van der Waals surface area contributed by atoms with Gasteiger partial charge in [-0.25, -0.2) is 0 Å². The fourth-order valence-corrected chi connectivity index (χ4v) is 7.95. The zero-order valence-corrected chi connectivity index (χ0v) is 21.1. The summed E-state index contributed by atoms with van der Waals surface area (Å²) in [4.78, 5) is 0. The quantitative estimate of drug-likeness (QED) is 0.236. The van der Waals surface area contributed by atoms with Crippen LogP contribution in [-0.2, 0) is 31.7 Å². The Bertz CT molecular complexity index is 638. The third-order valence-electron chi connectivity index (χ3n) is 4.35. The monoisotopic (exact) mass is 498 g/mol. The summed E-state index contributed by atoms with van der Waals surface area (Å²) < 4.78 is 82.5. The van der Waals surface area contributed by atoms with Gasteiger partial charge in [-0.1, -0.05) is 27.7 Å². The van der Waals surface area contributed by atoms with Crippen molar-refractivity contribution in [2.45, 2.75) is 59.8 Å². The maximum Gasteiger partial charge on any atom is 0.265 e. The van der Waals surface area contributed by atoms with E-state index in [1.807, 2.05) is 13.8 Å². The lowest BCUT2D eigenvalue weighted by Crippen LogP contribution is -2.24. The summed E-state index contributed by atoms with van der Waals surface area (Å²) in [7, 11) is -9.65. The molecule has 178 valence electrons. The Morgan fingerprint density at radius 2 is 1.00 bits per heavy atom. The van der Waals surface area contributed by atoms with Crippen LogP contribution in [0.25, 0.3) is 0 Å². The number of rotatable bonds is 16. The van der Waals surface area contributed by atoms with Gasteiger partial charge in [0.05, 0.1) is 22.4 Å². The molecule has 0 aliphatic carbocycles. The lowest BCUT2D eigenvalue weighted by Gasteiger charge is -2.31. The largest absolute Gasteiger partial charge is 0.308 e. The van der Waals surface area contributed by atoms with Gasteiger partial charge in [-0.2, -0.15) is 8.42 Å². The summed E-state index contributed by atoms with van der Waals surface area (Å²) in [5.41, 5.74) is -1.03. The van der Waals surface area contributed by atoms with E-state index in [4.69, 9.17) is 18.2 Å². The molecular formula is C17H38O8S4. The van der Waals surface area contributed by atoms with E-state index in [-0.39, 0.29) is 11.5 Å². The minimum Gasteiger partial charge on any atom is -0.308 e. The molecule has 0 saturated carbocycles. The van der Waals surface area contributed by atoms with Gasteiger partial charge in [0, 0.05) is 44.6 Å². The molecule has 0 fully saturated rings. The molecule has 0 aromatic carbocycles. The first-order valence-corrected chi connectivity index (χ1v) is 15.8. The Morgan fingerprint density at radius 3 is 1.34 bits per heavy atom. The van der Waals surface area contributed by atoms with E-state index < -0.39 is 53.4 Å². The van der Waals surface area contributed by atoms with E-state index in [0.29, 0.717) is 55.1 Å². The minimum absolute atomic E-state index is 0.105. The molecule has 8 nitrogen and oxygen atoms in total. The van der Waals surface area contributed by atoms with Gasteiger partial charge in [0.2, 0.25) is 0 Å². The molecule has 0 bridgehead atoms. The maximum absolute atomic E-state index is 12.1. The van der Waals surface area contributed by atoms with Crippen molar-refractivity contribution in [3.05, 3.63) is 0 Å². The van der Waals surface area contributed by atoms with Crippen LogP contribution >= 0.6 is 10.9 Å². The summed E-state index contributed by atoms with van der Waals surface area (Å²) in [5, 5.41) is 0. The van der Waals surface area contributed by atoms with Crippen molar-refractivity contribution in [1.82, 2.24) is 0 Å². The van der Waals surface area contributed by atoms with E-state index in [0.717, 1.165) is 0 Å². The third kappa shape index (κ3) is 18.9. The molecule has 2 unspecified atom stereocenters. The van der Waals surface area contributed by atoms with E-state index >= 15 is 0 Å². The van der Waals surface area contributed by atoms with Gasteiger partial charge in [0.15, 0.2) is 0 Å². The second kappa shape index (κ2) is 12.5. The summed E-state index contributed by atoms with van der Waals surface area (Å²) >= 11 is 0. The summed E-state index contributed by atoms with van der Waals surface area (Å²) in [6, 6.07) is 0. The van der Waals surface area contributed by atoms with Gasteiger partial charge in [0.1, 0.15) is 0 Å². The molecule has 29 heavy (non-hydrogen) atoms. The first kappa shape index (κ1) is 29.4. The number of hydrogen-bond donors (Lipinski definition) is 4. The topological polar surface area (TPSA) is 149 Å². The molecule has 0 aromatic heterocycles. The van der Waals surface area contributed by atoms with Gasteiger partial charge < -0.3 is 13.7 Å². The van der Waals surface area contributed by atoms with Crippen LogP contribution in [0, 0.1) is 10.8 Å². The van der Waals surface area contributed by atoms with Crippen molar-refractivity contribution in [3.8, 4) is 0 Å². The Kier molecular flexibility index (Phi) is 12.7. The molecule has 2 atom stereocenters. The molecule has 0 spiro atoms. The average molecular weight is 499 g/mol. The van der Waals surface area contributed by atoms with E-state index in [2.05, 4.69) is 0 Å². The lowest BCUT2D eigenvalue weighted by molar-refractivity contribution is 0.318. The van der Waals surface area contributed by atoms with Crippen LogP contribution < -0.4 is 0 Å². The van der Waals surface area contributed by atoms with Crippen LogP contribution in [0.15, 0.2) is 0 Å². The van der Waals surface area contributed by atoms with Crippen LogP contribution in [0.2, 0.25) is 0 Å². The highest BCUT2D eigenvalue weighted by atomic mass is 32.3. The van der Waals surface area contributed by atoms with E-state index in [9.17, 15) is 16.8 Å². The molecule has 0 aromatic rings. The van der Waals surface area contributed by atoms with Gasteiger partial charge in [-0.05, 0) is 42.9 Å². The number of hydrogen-bond acceptors (Lipinski definition) is 7. The van der Waals surface area contributed by atoms with E-state index in [1.54, 1.807) is 13.8 Å². The predicted octanol–water partition coefficient (Wildman–Crippen LogP) is 3.60. The highest BCUT2D eigenvalue weighted by Gasteiger charge is 2.27. The van der Waals surface area contributed by atoms with Crippen molar-refractivity contribution in [2.75, 3.05) is 34.5 Å². The SMILES string of the molecule is CC(C)(CCCS(=O)CCCS(=O)CCCC(C)(C)CS(=O)(=O)O)CS(O)(O)O. The summed E-state index contributed by atoms with van der Waals surface area (Å²) in [6.07, 6.45) is 2.96. The van der Waals surface area contributed by atoms with Crippen LogP contribution in [0.4, 0.5) is 0 Å². The van der Waals surface area contributed by atoms with Crippen molar-refractivity contribution in [2.24, 2.45) is 10.8 Å². The van der Waals surface area contributed by atoms with Gasteiger partial charge in [-0.15, -0.1) is 0 Å². The fraction of sp³-hybridized carbons (Fsp3) is 1.00. The molecule has 0 heterocycles. The highest BCUT2D eigenvalue weighted by Crippen LogP contribution is 2.41. The average Bonchev–Trinajstić information content (AvgIpc) is 2.41. The molecule has 0 radical (unpaired) electrons. The van der Waals surface area contributed by atoms with Crippen LogP contribution in [0.1, 0.15) is 59.8 Å². The van der Waals surface area contributed by atoms with Gasteiger partial charge in [-0.3, -0.25) is 13.0 Å². The Hall–Kier alpha value is 0.440. The van der Waals surface area contributed by atoms with Crippen LogP contribution in [-0.4, -0.2) is 69.6 Å². The highest BCUT2D eigenvalue weighted by molar-refractivity contribution is 8.19. The van der Waals surface area contributed by atoms with E-state index in [1.165, 1.54) is 0 Å². The van der Waals surface area contributed by atoms with Crippen molar-refractivity contribution >= 4 is 42.6 Å². The standard InChI is InChI=1S/C17H38O8S4/c1-16(2,14-28(20,21)22)8-5-10-26(18)12-7-13-27(19)11-6-9-17(3,4)15-29(23,24)25/h20-22H,5-15H2,1-4H3,(H,23,24,25). The minimum atomic E-state index is -4.03. The second-order valence-corrected chi connectivity index (χ2v) is 15.5. The zero-order chi connectivity index (χ0) is 22.9. The lowest BCUT2D eigenvalue weighted by atomic mass is 9.91. The molecule has 4 N–H and O–H groups in total. The van der Waals surface area contributed by atoms with Crippen molar-refractivity contribution < 1.29 is 35.0 Å². The third-order valence-corrected chi connectivity index (χ3v) is 9.64. The first-order valence-electron chi connectivity index (χ1n) is 9.54. The Balaban J connectivity index is 3.98. The molecule has 0 saturated heterocycles. The smallest absolute Gasteiger partial charge is 0.265 e. The van der Waals surface area contributed by atoms with Crippen molar-refractivity contribution in [3.63, 3.8) is 0 Å². The summed E-state index contributed by atoms with van der Waals surface area (Å²) in [6.45, 7) is 7.13.